The minimum absolute atomic E-state index is 0.0642. The molecule has 2 aromatic carbocycles. The van der Waals surface area contributed by atoms with E-state index in [1.54, 1.807) is 30.3 Å². The van der Waals surface area contributed by atoms with Gasteiger partial charge in [0.2, 0.25) is 5.76 Å². The number of carbonyl (C=O) groups excluding carboxylic acids is 1. The zero-order chi connectivity index (χ0) is 21.9. The van der Waals surface area contributed by atoms with Crippen molar-refractivity contribution < 1.29 is 14.1 Å². The molecular formula is C22H15N3O5S. The predicted molar refractivity (Wildman–Crippen MR) is 116 cm³/mol. The van der Waals surface area contributed by atoms with E-state index in [9.17, 15) is 19.7 Å². The maximum atomic E-state index is 13.4. The molecule has 0 fully saturated rings. The third-order valence-electron chi connectivity index (χ3n) is 5.40. The van der Waals surface area contributed by atoms with Crippen molar-refractivity contribution in [2.45, 2.75) is 19.9 Å². The van der Waals surface area contributed by atoms with Gasteiger partial charge >= 0.3 is 0 Å². The van der Waals surface area contributed by atoms with Crippen LogP contribution < -0.4 is 10.3 Å². The van der Waals surface area contributed by atoms with Gasteiger partial charge < -0.3 is 4.42 Å². The highest BCUT2D eigenvalue weighted by molar-refractivity contribution is 7.15. The van der Waals surface area contributed by atoms with E-state index in [0.29, 0.717) is 21.7 Å². The summed E-state index contributed by atoms with van der Waals surface area (Å²) in [7, 11) is 0. The lowest BCUT2D eigenvalue weighted by Crippen LogP contribution is -2.29. The molecule has 1 amide bonds. The van der Waals surface area contributed by atoms with Crippen LogP contribution in [0.15, 0.2) is 57.7 Å². The Hall–Kier alpha value is -3.85. The number of carbonyl (C=O) groups is 1. The quantitative estimate of drug-likeness (QED) is 0.347. The van der Waals surface area contributed by atoms with Gasteiger partial charge in [-0.05, 0) is 31.5 Å². The highest BCUT2D eigenvalue weighted by Gasteiger charge is 2.45. The molecule has 1 atom stereocenters. The lowest BCUT2D eigenvalue weighted by atomic mass is 9.98. The molecule has 8 nitrogen and oxygen atoms in total. The molecule has 2 aromatic heterocycles. The molecule has 0 bridgehead atoms. The predicted octanol–water partition coefficient (Wildman–Crippen LogP) is 4.52. The fourth-order valence-corrected chi connectivity index (χ4v) is 4.74. The maximum Gasteiger partial charge on any atom is 0.297 e. The van der Waals surface area contributed by atoms with Crippen LogP contribution in [0.5, 0.6) is 0 Å². The summed E-state index contributed by atoms with van der Waals surface area (Å²) in [6.07, 6.45) is 0. The van der Waals surface area contributed by atoms with Crippen molar-refractivity contribution in [1.29, 1.82) is 0 Å². The molecule has 0 aliphatic carbocycles. The van der Waals surface area contributed by atoms with Crippen LogP contribution in [0.1, 0.15) is 38.3 Å². The summed E-state index contributed by atoms with van der Waals surface area (Å²) < 4.78 is 5.87. The normalized spacial score (nSPS) is 15.5. The molecule has 0 unspecified atom stereocenters. The zero-order valence-electron chi connectivity index (χ0n) is 16.5. The fourth-order valence-electron chi connectivity index (χ4n) is 3.80. The van der Waals surface area contributed by atoms with Crippen LogP contribution in [0.4, 0.5) is 10.8 Å². The number of aryl methyl sites for hydroxylation is 2. The Labute approximate surface area is 179 Å². The van der Waals surface area contributed by atoms with Gasteiger partial charge in [-0.2, -0.15) is 0 Å². The molecule has 0 saturated carbocycles. The Balaban J connectivity index is 1.82. The number of amides is 1. The Morgan fingerprint density at radius 2 is 1.90 bits per heavy atom. The first-order valence-corrected chi connectivity index (χ1v) is 10.3. The molecule has 0 saturated heterocycles. The number of para-hydroxylation sites is 1. The number of hydrogen-bond donors (Lipinski definition) is 0. The monoisotopic (exact) mass is 433 g/mol. The summed E-state index contributed by atoms with van der Waals surface area (Å²) in [4.78, 5) is 44.6. The fraction of sp³-hybridized carbons (Fsp3) is 0.136. The third kappa shape index (κ3) is 2.85. The van der Waals surface area contributed by atoms with Crippen LogP contribution in [-0.4, -0.2) is 15.8 Å². The van der Waals surface area contributed by atoms with Gasteiger partial charge in [-0.25, -0.2) is 4.98 Å². The van der Waals surface area contributed by atoms with E-state index in [-0.39, 0.29) is 22.4 Å². The lowest BCUT2D eigenvalue weighted by molar-refractivity contribution is -0.384. The average Bonchev–Trinajstić information content (AvgIpc) is 3.24. The summed E-state index contributed by atoms with van der Waals surface area (Å²) in [5.41, 5.74) is 1.21. The number of rotatable bonds is 3. The molecule has 0 spiro atoms. The van der Waals surface area contributed by atoms with E-state index in [4.69, 9.17) is 4.42 Å². The minimum Gasteiger partial charge on any atom is -0.450 e. The van der Waals surface area contributed by atoms with Crippen LogP contribution in [0.25, 0.3) is 11.0 Å². The first-order chi connectivity index (χ1) is 14.9. The number of aromatic nitrogens is 1. The van der Waals surface area contributed by atoms with Crippen LogP contribution in [-0.2, 0) is 0 Å². The summed E-state index contributed by atoms with van der Waals surface area (Å²) in [5.74, 6) is -0.561. The molecule has 31 heavy (non-hydrogen) atoms. The Bertz CT molecular complexity index is 1440. The van der Waals surface area contributed by atoms with Gasteiger partial charge in [0.1, 0.15) is 5.58 Å². The molecule has 154 valence electrons. The smallest absolute Gasteiger partial charge is 0.297 e. The van der Waals surface area contributed by atoms with Gasteiger partial charge in [-0.15, -0.1) is 11.3 Å². The van der Waals surface area contributed by atoms with Gasteiger partial charge in [-0.3, -0.25) is 24.6 Å². The third-order valence-corrected chi connectivity index (χ3v) is 6.47. The van der Waals surface area contributed by atoms with E-state index >= 15 is 0 Å². The number of benzene rings is 2. The highest BCUT2D eigenvalue weighted by atomic mass is 32.1. The number of anilines is 1. The van der Waals surface area contributed by atoms with E-state index in [0.717, 1.165) is 10.6 Å². The highest BCUT2D eigenvalue weighted by Crippen LogP contribution is 2.43. The lowest BCUT2D eigenvalue weighted by Gasteiger charge is -2.22. The number of non-ortho nitro benzene ring substituents is 1. The molecule has 1 aliphatic heterocycles. The molecule has 4 aromatic rings. The Kier molecular flexibility index (Phi) is 4.23. The topological polar surface area (TPSA) is 107 Å². The zero-order valence-corrected chi connectivity index (χ0v) is 17.3. The molecule has 9 heteroatoms. The van der Waals surface area contributed by atoms with Crippen LogP contribution in [0, 0.1) is 24.0 Å². The Morgan fingerprint density at radius 3 is 2.61 bits per heavy atom. The molecule has 0 N–H and O–H groups in total. The van der Waals surface area contributed by atoms with E-state index in [1.807, 2.05) is 13.8 Å². The maximum absolute atomic E-state index is 13.4. The van der Waals surface area contributed by atoms with Crippen molar-refractivity contribution in [1.82, 2.24) is 4.98 Å². The van der Waals surface area contributed by atoms with E-state index in [2.05, 4.69) is 4.98 Å². The molecular weight excluding hydrogens is 418 g/mol. The number of nitro groups is 1. The van der Waals surface area contributed by atoms with Crippen molar-refractivity contribution in [2.75, 3.05) is 4.90 Å². The first kappa shape index (κ1) is 19.1. The number of thiazole rings is 1. The van der Waals surface area contributed by atoms with Crippen molar-refractivity contribution in [3.05, 3.63) is 96.3 Å². The van der Waals surface area contributed by atoms with Crippen molar-refractivity contribution >= 4 is 39.0 Å². The summed E-state index contributed by atoms with van der Waals surface area (Å²) in [5, 5.41) is 12.1. The SMILES string of the molecule is Cc1nc(N2C(=O)c3oc4ccccc4c(=O)c3[C@H]2c2cccc([N+](=O)[O-])c2)sc1C. The van der Waals surface area contributed by atoms with Gasteiger partial charge in [-0.1, -0.05) is 24.3 Å². The van der Waals surface area contributed by atoms with Gasteiger partial charge in [0.15, 0.2) is 10.6 Å². The summed E-state index contributed by atoms with van der Waals surface area (Å²) in [6.45, 7) is 3.73. The van der Waals surface area contributed by atoms with Crippen LogP contribution in [0.3, 0.4) is 0 Å². The number of fused-ring (bicyclic) bond motifs is 2. The standard InChI is InChI=1S/C22H15N3O5S/c1-11-12(2)31-22(23-11)24-18(13-6-5-7-14(10-13)25(28)29)17-19(26)15-8-3-4-9-16(15)30-20(17)21(24)27/h3-10,18H,1-2H3/t18-/m1/s1. The second-order valence-electron chi connectivity index (χ2n) is 7.24. The number of nitrogens with zero attached hydrogens (tertiary/aromatic N) is 3. The number of nitro benzene ring substituents is 1. The molecule has 0 radical (unpaired) electrons. The van der Waals surface area contributed by atoms with E-state index in [1.165, 1.54) is 34.4 Å². The molecule has 3 heterocycles. The Morgan fingerprint density at radius 1 is 1.13 bits per heavy atom. The van der Waals surface area contributed by atoms with Crippen molar-refractivity contribution in [2.24, 2.45) is 0 Å². The largest absolute Gasteiger partial charge is 0.450 e. The first-order valence-electron chi connectivity index (χ1n) is 9.44. The minimum atomic E-state index is -0.881. The second kappa shape index (κ2) is 6.85. The summed E-state index contributed by atoms with van der Waals surface area (Å²) in [6, 6.07) is 11.8. The van der Waals surface area contributed by atoms with Gasteiger partial charge in [0.05, 0.1) is 27.6 Å². The van der Waals surface area contributed by atoms with Gasteiger partial charge in [0, 0.05) is 17.0 Å². The van der Waals surface area contributed by atoms with Crippen molar-refractivity contribution in [3.63, 3.8) is 0 Å². The average molecular weight is 433 g/mol. The molecule has 1 aliphatic rings. The number of hydrogen-bond acceptors (Lipinski definition) is 7. The van der Waals surface area contributed by atoms with Crippen LogP contribution >= 0.6 is 11.3 Å². The van der Waals surface area contributed by atoms with E-state index < -0.39 is 16.9 Å². The van der Waals surface area contributed by atoms with Crippen LogP contribution in [0.2, 0.25) is 0 Å². The summed E-state index contributed by atoms with van der Waals surface area (Å²) >= 11 is 1.32. The van der Waals surface area contributed by atoms with Gasteiger partial charge in [0.25, 0.3) is 11.6 Å². The molecule has 5 rings (SSSR count). The second-order valence-corrected chi connectivity index (χ2v) is 8.42. The van der Waals surface area contributed by atoms with Crippen molar-refractivity contribution in [3.8, 4) is 0 Å².